The first-order valence-electron chi connectivity index (χ1n) is 10.8. The number of ether oxygens (including phenoxy) is 2. The van der Waals surface area contributed by atoms with Crippen LogP contribution >= 0.6 is 0 Å². The molecule has 1 aromatic heterocycles. The lowest BCUT2D eigenvalue weighted by molar-refractivity contribution is -0.385. The summed E-state index contributed by atoms with van der Waals surface area (Å²) in [5.41, 5.74) is 6.93. The first-order valence-corrected chi connectivity index (χ1v) is 10.8. The number of hydrogen-bond donors (Lipinski definition) is 1. The number of nitro benzene ring substituents is 1. The van der Waals surface area contributed by atoms with Gasteiger partial charge in [0.2, 0.25) is 6.79 Å². The lowest BCUT2D eigenvalue weighted by atomic mass is 10.1. The molecule has 0 saturated heterocycles. The Morgan fingerprint density at radius 1 is 1.03 bits per heavy atom. The summed E-state index contributed by atoms with van der Waals surface area (Å²) in [5.74, 6) is 0.240. The summed E-state index contributed by atoms with van der Waals surface area (Å²) in [6.45, 7) is 2.02. The molecule has 0 saturated carbocycles. The second-order valence-corrected chi connectivity index (χ2v) is 7.83. The van der Waals surface area contributed by atoms with Crippen LogP contribution in [-0.2, 0) is 0 Å². The molecular weight excluding hydrogens is 448 g/mol. The first-order chi connectivity index (χ1) is 17.0. The fourth-order valence-electron chi connectivity index (χ4n) is 3.91. The second-order valence-electron chi connectivity index (χ2n) is 7.83. The number of hydrazone groups is 1. The van der Waals surface area contributed by atoms with E-state index in [1.54, 1.807) is 12.1 Å². The van der Waals surface area contributed by atoms with Gasteiger partial charge in [-0.25, -0.2) is 5.43 Å². The largest absolute Gasteiger partial charge is 0.454 e. The number of aryl methyl sites for hydroxylation is 1. The van der Waals surface area contributed by atoms with Crippen molar-refractivity contribution < 1.29 is 19.2 Å². The van der Waals surface area contributed by atoms with Gasteiger partial charge in [0.15, 0.2) is 11.5 Å². The number of nitrogens with one attached hydrogen (secondary N) is 1. The van der Waals surface area contributed by atoms with Crippen molar-refractivity contribution in [3.05, 3.63) is 106 Å². The Morgan fingerprint density at radius 2 is 1.74 bits per heavy atom. The van der Waals surface area contributed by atoms with Gasteiger partial charge in [-0.15, -0.1) is 0 Å². The molecule has 5 rings (SSSR count). The predicted molar refractivity (Wildman–Crippen MR) is 130 cm³/mol. The smallest absolute Gasteiger partial charge is 0.282 e. The number of hydrogen-bond acceptors (Lipinski definition) is 6. The van der Waals surface area contributed by atoms with Gasteiger partial charge in [0.05, 0.1) is 28.5 Å². The number of nitrogens with zero attached hydrogens (tertiary/aromatic N) is 3. The van der Waals surface area contributed by atoms with E-state index in [2.05, 4.69) is 33.3 Å². The van der Waals surface area contributed by atoms with E-state index in [0.717, 1.165) is 22.6 Å². The molecule has 1 amide bonds. The van der Waals surface area contributed by atoms with Gasteiger partial charge in [-0.3, -0.25) is 14.9 Å². The molecular formula is C26H20N4O5. The molecule has 0 unspecified atom stereocenters. The first kappa shape index (κ1) is 21.9. The highest BCUT2D eigenvalue weighted by molar-refractivity contribution is 5.95. The van der Waals surface area contributed by atoms with Crippen LogP contribution in [-0.4, -0.2) is 28.4 Å². The quantitative estimate of drug-likeness (QED) is 0.247. The molecule has 0 aliphatic carbocycles. The van der Waals surface area contributed by atoms with Crippen LogP contribution in [0.1, 0.15) is 21.6 Å². The average molecular weight is 468 g/mol. The van der Waals surface area contributed by atoms with Gasteiger partial charge in [-0.1, -0.05) is 30.3 Å². The van der Waals surface area contributed by atoms with Gasteiger partial charge in [0.25, 0.3) is 11.6 Å². The van der Waals surface area contributed by atoms with Crippen LogP contribution in [0, 0.1) is 17.0 Å². The fraction of sp³-hybridized carbons (Fsp3) is 0.0769. The summed E-state index contributed by atoms with van der Waals surface area (Å²) in [6.07, 6.45) is 1.21. The summed E-state index contributed by atoms with van der Waals surface area (Å²) in [7, 11) is 0. The Bertz CT molecular complexity index is 1440. The standard InChI is InChI=1S/C26H20N4O5/c1-17-7-12-22(18-5-3-2-4-6-18)29(17)21-10-8-19(9-11-21)26(31)28-27-15-20-13-24-25(35-16-34-24)14-23(20)30(32)33/h2-15H,16H2,1H3,(H,28,31)/b27-15-. The Morgan fingerprint density at radius 3 is 2.46 bits per heavy atom. The minimum atomic E-state index is -0.545. The number of benzene rings is 3. The van der Waals surface area contributed by atoms with Crippen molar-refractivity contribution >= 4 is 17.8 Å². The average Bonchev–Trinajstić information content (AvgIpc) is 3.50. The highest BCUT2D eigenvalue weighted by atomic mass is 16.7. The van der Waals surface area contributed by atoms with E-state index < -0.39 is 10.8 Å². The van der Waals surface area contributed by atoms with Crippen LogP contribution in [0.25, 0.3) is 16.9 Å². The number of carbonyl (C=O) groups is 1. The van der Waals surface area contributed by atoms with E-state index in [1.165, 1.54) is 18.3 Å². The molecule has 0 bridgehead atoms. The monoisotopic (exact) mass is 468 g/mol. The number of nitro groups is 1. The molecule has 0 fully saturated rings. The van der Waals surface area contributed by atoms with Crippen LogP contribution in [0.2, 0.25) is 0 Å². The van der Waals surface area contributed by atoms with Crippen molar-refractivity contribution in [1.29, 1.82) is 0 Å². The van der Waals surface area contributed by atoms with Gasteiger partial charge in [-0.2, -0.15) is 5.10 Å². The third-order valence-corrected chi connectivity index (χ3v) is 5.62. The molecule has 0 radical (unpaired) electrons. The second kappa shape index (κ2) is 9.14. The molecule has 4 aromatic rings. The molecule has 9 heteroatoms. The third kappa shape index (κ3) is 4.34. The highest BCUT2D eigenvalue weighted by Gasteiger charge is 2.22. The minimum Gasteiger partial charge on any atom is -0.454 e. The van der Waals surface area contributed by atoms with Gasteiger partial charge in [0.1, 0.15) is 0 Å². The molecule has 9 nitrogen and oxygen atoms in total. The lowest BCUT2D eigenvalue weighted by Crippen LogP contribution is -2.17. The maximum Gasteiger partial charge on any atom is 0.282 e. The van der Waals surface area contributed by atoms with E-state index in [4.69, 9.17) is 9.47 Å². The van der Waals surface area contributed by atoms with Gasteiger partial charge in [-0.05, 0) is 55.0 Å². The van der Waals surface area contributed by atoms with Crippen LogP contribution in [0.3, 0.4) is 0 Å². The highest BCUT2D eigenvalue weighted by Crippen LogP contribution is 2.37. The zero-order valence-electron chi connectivity index (χ0n) is 18.7. The molecule has 174 valence electrons. The molecule has 0 spiro atoms. The number of amides is 1. The summed E-state index contributed by atoms with van der Waals surface area (Å²) in [6, 6.07) is 24.0. The van der Waals surface area contributed by atoms with Crippen molar-refractivity contribution in [2.24, 2.45) is 5.10 Å². The normalized spacial score (nSPS) is 12.1. The van der Waals surface area contributed by atoms with Crippen molar-refractivity contribution in [1.82, 2.24) is 9.99 Å². The maximum atomic E-state index is 12.6. The SMILES string of the molecule is Cc1ccc(-c2ccccc2)n1-c1ccc(C(=O)N/N=C\c2cc3c(cc2[N+](=O)[O-])OCO3)cc1. The van der Waals surface area contributed by atoms with Crippen molar-refractivity contribution in [2.45, 2.75) is 6.92 Å². The Labute approximate surface area is 200 Å². The van der Waals surface area contributed by atoms with E-state index in [1.807, 2.05) is 43.3 Å². The number of rotatable bonds is 6. The zero-order valence-corrected chi connectivity index (χ0v) is 18.7. The van der Waals surface area contributed by atoms with E-state index in [9.17, 15) is 14.9 Å². The topological polar surface area (TPSA) is 108 Å². The molecule has 3 aromatic carbocycles. The van der Waals surface area contributed by atoms with E-state index in [-0.39, 0.29) is 18.0 Å². The van der Waals surface area contributed by atoms with Gasteiger partial charge >= 0.3 is 0 Å². The Balaban J connectivity index is 1.33. The molecule has 35 heavy (non-hydrogen) atoms. The zero-order chi connectivity index (χ0) is 24.4. The summed E-state index contributed by atoms with van der Waals surface area (Å²) in [4.78, 5) is 23.4. The van der Waals surface area contributed by atoms with Crippen LogP contribution in [0.15, 0.2) is 84.0 Å². The Kier molecular flexibility index (Phi) is 5.72. The van der Waals surface area contributed by atoms with Gasteiger partial charge < -0.3 is 14.0 Å². The third-order valence-electron chi connectivity index (χ3n) is 5.62. The summed E-state index contributed by atoms with van der Waals surface area (Å²) in [5, 5.41) is 15.3. The van der Waals surface area contributed by atoms with Crippen molar-refractivity contribution in [2.75, 3.05) is 6.79 Å². The Hall–Kier alpha value is -4.92. The van der Waals surface area contributed by atoms with Crippen molar-refractivity contribution in [3.63, 3.8) is 0 Å². The minimum absolute atomic E-state index is 0.00477. The maximum absolute atomic E-state index is 12.6. The number of aromatic nitrogens is 1. The van der Waals surface area contributed by atoms with Crippen LogP contribution in [0.4, 0.5) is 5.69 Å². The molecule has 1 N–H and O–H groups in total. The van der Waals surface area contributed by atoms with Gasteiger partial charge in [0, 0.05) is 16.9 Å². The number of carbonyl (C=O) groups excluding carboxylic acids is 1. The molecule has 2 heterocycles. The lowest BCUT2D eigenvalue weighted by Gasteiger charge is -2.12. The van der Waals surface area contributed by atoms with E-state index >= 15 is 0 Å². The van der Waals surface area contributed by atoms with Crippen LogP contribution in [0.5, 0.6) is 11.5 Å². The molecule has 0 atom stereocenters. The summed E-state index contributed by atoms with van der Waals surface area (Å²) < 4.78 is 12.6. The molecule has 1 aliphatic rings. The fourth-order valence-corrected chi connectivity index (χ4v) is 3.91. The summed E-state index contributed by atoms with van der Waals surface area (Å²) >= 11 is 0. The predicted octanol–water partition coefficient (Wildman–Crippen LogP) is 4.85. The van der Waals surface area contributed by atoms with Crippen LogP contribution < -0.4 is 14.9 Å². The van der Waals surface area contributed by atoms with Crippen molar-refractivity contribution in [3.8, 4) is 28.4 Å². The van der Waals surface area contributed by atoms with E-state index in [0.29, 0.717) is 17.1 Å². The number of fused-ring (bicyclic) bond motifs is 1. The molecule has 1 aliphatic heterocycles.